The van der Waals surface area contributed by atoms with Gasteiger partial charge in [-0.3, -0.25) is 9.69 Å². The van der Waals surface area contributed by atoms with Crippen molar-refractivity contribution in [3.8, 4) is 5.75 Å². The van der Waals surface area contributed by atoms with Gasteiger partial charge in [0.15, 0.2) is 5.17 Å². The fourth-order valence-electron chi connectivity index (χ4n) is 2.75. The maximum absolute atomic E-state index is 13.2. The van der Waals surface area contributed by atoms with E-state index < -0.39 is 0 Å². The van der Waals surface area contributed by atoms with E-state index in [9.17, 15) is 9.90 Å². The number of hydrogen-bond acceptors (Lipinski definition) is 4. The third-order valence-corrected chi connectivity index (χ3v) is 5.54. The van der Waals surface area contributed by atoms with Crippen LogP contribution in [0.4, 0.5) is 11.4 Å². The van der Waals surface area contributed by atoms with Crippen LogP contribution in [0.1, 0.15) is 5.56 Å². The minimum absolute atomic E-state index is 0.115. The number of anilines is 1. The zero-order chi connectivity index (χ0) is 19.5. The molecule has 0 radical (unpaired) electrons. The number of halogens is 1. The number of carbonyl (C=O) groups excluding carboxylic acids is 1. The molecule has 1 fully saturated rings. The molecule has 1 heterocycles. The van der Waals surface area contributed by atoms with Crippen molar-refractivity contribution in [1.29, 1.82) is 0 Å². The van der Waals surface area contributed by atoms with Crippen LogP contribution in [-0.4, -0.2) is 16.2 Å². The molecule has 1 amide bonds. The lowest BCUT2D eigenvalue weighted by Gasteiger charge is -2.15. The first kappa shape index (κ1) is 18.5. The van der Waals surface area contributed by atoms with Crippen molar-refractivity contribution >= 4 is 56.2 Å². The maximum atomic E-state index is 13.2. The molecule has 4 nitrogen and oxygen atoms in total. The number of amidine groups is 1. The van der Waals surface area contributed by atoms with E-state index in [2.05, 4.69) is 20.9 Å². The van der Waals surface area contributed by atoms with E-state index in [0.717, 1.165) is 15.8 Å². The summed E-state index contributed by atoms with van der Waals surface area (Å²) in [6, 6.07) is 24.1. The molecule has 0 saturated carbocycles. The van der Waals surface area contributed by atoms with Gasteiger partial charge in [0.2, 0.25) is 0 Å². The lowest BCUT2D eigenvalue weighted by atomic mass is 10.2. The van der Waals surface area contributed by atoms with Gasteiger partial charge in [0.1, 0.15) is 5.75 Å². The molecule has 3 aromatic carbocycles. The van der Waals surface area contributed by atoms with Crippen LogP contribution in [0.2, 0.25) is 0 Å². The van der Waals surface area contributed by atoms with E-state index in [0.29, 0.717) is 15.6 Å². The summed E-state index contributed by atoms with van der Waals surface area (Å²) >= 11 is 4.69. The van der Waals surface area contributed by atoms with Crippen LogP contribution < -0.4 is 4.90 Å². The molecule has 0 aromatic heterocycles. The van der Waals surface area contributed by atoms with E-state index in [4.69, 9.17) is 0 Å². The van der Waals surface area contributed by atoms with Crippen LogP contribution >= 0.6 is 27.7 Å². The molecule has 6 heteroatoms. The molecule has 138 valence electrons. The van der Waals surface area contributed by atoms with Crippen LogP contribution in [0.5, 0.6) is 5.75 Å². The number of benzene rings is 3. The van der Waals surface area contributed by atoms with Crippen molar-refractivity contribution in [2.75, 3.05) is 4.90 Å². The van der Waals surface area contributed by atoms with Crippen molar-refractivity contribution in [2.45, 2.75) is 0 Å². The van der Waals surface area contributed by atoms with E-state index in [1.807, 2.05) is 60.7 Å². The summed E-state index contributed by atoms with van der Waals surface area (Å²) in [5, 5.41) is 10.7. The molecule has 0 spiro atoms. The van der Waals surface area contributed by atoms with Gasteiger partial charge in [0, 0.05) is 10.0 Å². The number of phenols is 1. The van der Waals surface area contributed by atoms with Crippen LogP contribution in [-0.2, 0) is 4.79 Å². The Morgan fingerprint density at radius 1 is 0.964 bits per heavy atom. The molecule has 28 heavy (non-hydrogen) atoms. The Balaban J connectivity index is 1.79. The lowest BCUT2D eigenvalue weighted by Crippen LogP contribution is -2.28. The van der Waals surface area contributed by atoms with Gasteiger partial charge in [-0.1, -0.05) is 52.3 Å². The number of rotatable bonds is 3. The molecule has 1 saturated heterocycles. The number of para-hydroxylation sites is 2. The summed E-state index contributed by atoms with van der Waals surface area (Å²) in [5.41, 5.74) is 2.08. The maximum Gasteiger partial charge on any atom is 0.271 e. The Morgan fingerprint density at radius 3 is 2.36 bits per heavy atom. The molecule has 0 unspecified atom stereocenters. The fourth-order valence-corrected chi connectivity index (χ4v) is 4.12. The van der Waals surface area contributed by atoms with Crippen LogP contribution in [0, 0.1) is 0 Å². The number of nitrogens with zero attached hydrogens (tertiary/aromatic N) is 2. The molecule has 0 bridgehead atoms. The largest absolute Gasteiger partial charge is 0.507 e. The van der Waals surface area contributed by atoms with E-state index in [1.54, 1.807) is 29.2 Å². The second-order valence-corrected chi connectivity index (χ2v) is 7.94. The molecule has 3 aromatic rings. The van der Waals surface area contributed by atoms with Crippen LogP contribution in [0.15, 0.2) is 93.2 Å². The third-order valence-electron chi connectivity index (χ3n) is 4.08. The highest BCUT2D eigenvalue weighted by Gasteiger charge is 2.34. The second-order valence-electron chi connectivity index (χ2n) is 6.02. The summed E-state index contributed by atoms with van der Waals surface area (Å²) in [4.78, 5) is 19.9. The SMILES string of the molecule is O=C1C(=Cc2cc(Br)ccc2O)SC(=Nc2ccccc2)N1c1ccccc1. The number of thioether (sulfide) groups is 1. The first-order valence-electron chi connectivity index (χ1n) is 8.53. The highest BCUT2D eigenvalue weighted by atomic mass is 79.9. The van der Waals surface area contributed by atoms with E-state index >= 15 is 0 Å². The average Bonchev–Trinajstić information content (AvgIpc) is 3.01. The van der Waals surface area contributed by atoms with E-state index in [-0.39, 0.29) is 11.7 Å². The molecule has 1 aliphatic heterocycles. The standard InChI is InChI=1S/C22H15BrN2O2S/c23-16-11-12-19(26)15(13-16)14-20-21(27)25(18-9-5-2-6-10-18)22(28-20)24-17-7-3-1-4-8-17/h1-14,26H. The zero-order valence-corrected chi connectivity index (χ0v) is 17.0. The Morgan fingerprint density at radius 2 is 1.64 bits per heavy atom. The number of aromatic hydroxyl groups is 1. The van der Waals surface area contributed by atoms with Gasteiger partial charge in [-0.2, -0.15) is 0 Å². The predicted octanol–water partition coefficient (Wildman–Crippen LogP) is 5.96. The van der Waals surface area contributed by atoms with Gasteiger partial charge in [0.25, 0.3) is 5.91 Å². The van der Waals surface area contributed by atoms with Crippen molar-refractivity contribution < 1.29 is 9.90 Å². The van der Waals surface area contributed by atoms with Gasteiger partial charge in [-0.15, -0.1) is 0 Å². The number of phenolic OH excluding ortho intramolecular Hbond substituents is 1. The average molecular weight is 451 g/mol. The van der Waals surface area contributed by atoms with E-state index in [1.165, 1.54) is 11.8 Å². The number of amides is 1. The van der Waals surface area contributed by atoms with Gasteiger partial charge < -0.3 is 5.11 Å². The molecule has 0 aliphatic carbocycles. The quantitative estimate of drug-likeness (QED) is 0.500. The summed E-state index contributed by atoms with van der Waals surface area (Å²) in [7, 11) is 0. The summed E-state index contributed by atoms with van der Waals surface area (Å²) in [6.07, 6.45) is 1.69. The molecule has 4 rings (SSSR count). The summed E-state index contributed by atoms with van der Waals surface area (Å²) in [5.74, 6) is -0.0611. The highest BCUT2D eigenvalue weighted by molar-refractivity contribution is 9.10. The fraction of sp³-hybridized carbons (Fsp3) is 0. The van der Waals surface area contributed by atoms with Crippen LogP contribution in [0.25, 0.3) is 6.08 Å². The first-order chi connectivity index (χ1) is 13.6. The topological polar surface area (TPSA) is 52.9 Å². The molecule has 1 aliphatic rings. The highest BCUT2D eigenvalue weighted by Crippen LogP contribution is 2.38. The van der Waals surface area contributed by atoms with Crippen LogP contribution in [0.3, 0.4) is 0 Å². The van der Waals surface area contributed by atoms with Gasteiger partial charge in [-0.25, -0.2) is 4.99 Å². The minimum atomic E-state index is -0.176. The van der Waals surface area contributed by atoms with Crippen molar-refractivity contribution in [2.24, 2.45) is 4.99 Å². The smallest absolute Gasteiger partial charge is 0.271 e. The number of hydrogen-bond donors (Lipinski definition) is 1. The van der Waals surface area contributed by atoms with Gasteiger partial charge in [0.05, 0.1) is 16.3 Å². The van der Waals surface area contributed by atoms with Crippen molar-refractivity contribution in [1.82, 2.24) is 0 Å². The van der Waals surface area contributed by atoms with Crippen molar-refractivity contribution in [3.05, 3.63) is 93.8 Å². The Kier molecular flexibility index (Phi) is 5.32. The normalized spacial score (nSPS) is 16.9. The number of aliphatic imine (C=N–C) groups is 1. The summed E-state index contributed by atoms with van der Waals surface area (Å²) in [6.45, 7) is 0. The Hall–Kier alpha value is -2.83. The molecular weight excluding hydrogens is 436 g/mol. The first-order valence-corrected chi connectivity index (χ1v) is 10.1. The Labute approximate surface area is 175 Å². The zero-order valence-electron chi connectivity index (χ0n) is 14.6. The minimum Gasteiger partial charge on any atom is -0.507 e. The van der Waals surface area contributed by atoms with Gasteiger partial charge in [-0.05, 0) is 60.3 Å². The molecule has 0 atom stereocenters. The van der Waals surface area contributed by atoms with Crippen molar-refractivity contribution in [3.63, 3.8) is 0 Å². The second kappa shape index (κ2) is 8.04. The molecular formula is C22H15BrN2O2S. The van der Waals surface area contributed by atoms with Gasteiger partial charge >= 0.3 is 0 Å². The summed E-state index contributed by atoms with van der Waals surface area (Å²) < 4.78 is 0.825. The Bertz CT molecular complexity index is 1080. The number of carbonyl (C=O) groups is 1. The predicted molar refractivity (Wildman–Crippen MR) is 119 cm³/mol. The lowest BCUT2D eigenvalue weighted by molar-refractivity contribution is -0.113. The monoisotopic (exact) mass is 450 g/mol. The third kappa shape index (κ3) is 3.88. The molecule has 1 N–H and O–H groups in total.